The van der Waals surface area contributed by atoms with Crippen molar-refractivity contribution in [1.29, 1.82) is 0 Å². The average Bonchev–Trinajstić information content (AvgIpc) is 2.64. The monoisotopic (exact) mass is 403 g/mol. The summed E-state index contributed by atoms with van der Waals surface area (Å²) in [6, 6.07) is 14.1. The van der Waals surface area contributed by atoms with Crippen molar-refractivity contribution in [2.24, 2.45) is 0 Å². The Labute approximate surface area is 169 Å². The molecule has 27 heavy (non-hydrogen) atoms. The van der Waals surface area contributed by atoms with E-state index in [9.17, 15) is 9.59 Å². The number of nitrogens with zero attached hydrogens (tertiary/aromatic N) is 1. The van der Waals surface area contributed by atoms with Crippen LogP contribution in [0.3, 0.4) is 0 Å². The summed E-state index contributed by atoms with van der Waals surface area (Å²) in [6.07, 6.45) is 0.194. The minimum Gasteiger partial charge on any atom is -0.339 e. The Hall–Kier alpha value is -2.44. The number of carbonyl (C=O) groups excluding carboxylic acids is 2. The molecule has 0 fully saturated rings. The van der Waals surface area contributed by atoms with Gasteiger partial charge < -0.3 is 15.5 Å². The fraction of sp³-hybridized carbons (Fsp3) is 0.250. The number of rotatable bonds is 6. The van der Waals surface area contributed by atoms with Crippen LogP contribution >= 0.6 is 23.8 Å². The molecule has 2 amide bonds. The minimum absolute atomic E-state index is 0.0404. The van der Waals surface area contributed by atoms with Crippen LogP contribution in [-0.2, 0) is 11.2 Å². The number of amides is 2. The smallest absolute Gasteiger partial charge is 0.253 e. The molecule has 7 heteroatoms. The maximum absolute atomic E-state index is 12.4. The molecule has 0 aliphatic carbocycles. The molecule has 0 radical (unpaired) electrons. The lowest BCUT2D eigenvalue weighted by Crippen LogP contribution is -2.35. The van der Waals surface area contributed by atoms with E-state index in [1.54, 1.807) is 53.4 Å². The van der Waals surface area contributed by atoms with Crippen molar-refractivity contribution < 1.29 is 9.59 Å². The minimum atomic E-state index is -0.231. The third-order valence-corrected chi connectivity index (χ3v) is 4.41. The predicted octanol–water partition coefficient (Wildman–Crippen LogP) is 3.88. The van der Waals surface area contributed by atoms with Crippen LogP contribution in [0.4, 0.5) is 5.69 Å². The highest BCUT2D eigenvalue weighted by atomic mass is 35.5. The normalized spacial score (nSPS) is 10.2. The van der Waals surface area contributed by atoms with Gasteiger partial charge in [-0.15, -0.1) is 0 Å². The van der Waals surface area contributed by atoms with Gasteiger partial charge in [-0.05, 0) is 62.0 Å². The molecule has 0 saturated carbocycles. The van der Waals surface area contributed by atoms with Crippen LogP contribution < -0.4 is 10.6 Å². The highest BCUT2D eigenvalue weighted by molar-refractivity contribution is 7.80. The summed E-state index contributed by atoms with van der Waals surface area (Å²) in [4.78, 5) is 26.3. The number of thiocarbonyl (C=S) groups is 1. The first-order valence-corrected chi connectivity index (χ1v) is 9.46. The van der Waals surface area contributed by atoms with Crippen LogP contribution in [0.15, 0.2) is 48.5 Å². The van der Waals surface area contributed by atoms with Gasteiger partial charge >= 0.3 is 0 Å². The van der Waals surface area contributed by atoms with Crippen LogP contribution in [0.25, 0.3) is 0 Å². The second kappa shape index (κ2) is 10.0. The summed E-state index contributed by atoms with van der Waals surface area (Å²) in [6.45, 7) is 5.17. The Balaban J connectivity index is 1.95. The lowest BCUT2D eigenvalue weighted by Gasteiger charge is -2.19. The molecule has 0 heterocycles. The number of carbonyl (C=O) groups is 2. The van der Waals surface area contributed by atoms with E-state index in [-0.39, 0.29) is 23.3 Å². The topological polar surface area (TPSA) is 61.4 Å². The number of hydrogen-bond acceptors (Lipinski definition) is 3. The molecule has 0 bridgehead atoms. The second-order valence-electron chi connectivity index (χ2n) is 5.86. The summed E-state index contributed by atoms with van der Waals surface area (Å²) in [5.74, 6) is -0.272. The Bertz CT molecular complexity index is 820. The van der Waals surface area contributed by atoms with E-state index in [0.29, 0.717) is 29.4 Å². The van der Waals surface area contributed by atoms with Crippen molar-refractivity contribution in [2.75, 3.05) is 18.4 Å². The van der Waals surface area contributed by atoms with Crippen molar-refractivity contribution in [2.45, 2.75) is 20.3 Å². The van der Waals surface area contributed by atoms with E-state index in [4.69, 9.17) is 23.8 Å². The summed E-state index contributed by atoms with van der Waals surface area (Å²) >= 11 is 11.0. The molecular weight excluding hydrogens is 382 g/mol. The summed E-state index contributed by atoms with van der Waals surface area (Å²) < 4.78 is 0. The van der Waals surface area contributed by atoms with Gasteiger partial charge in [0.05, 0.1) is 6.42 Å². The molecule has 142 valence electrons. The number of hydrogen-bond donors (Lipinski definition) is 2. The van der Waals surface area contributed by atoms with Gasteiger partial charge in [0, 0.05) is 29.4 Å². The van der Waals surface area contributed by atoms with Crippen molar-refractivity contribution in [3.63, 3.8) is 0 Å². The number of benzene rings is 2. The first-order valence-electron chi connectivity index (χ1n) is 8.67. The Morgan fingerprint density at radius 2 is 1.74 bits per heavy atom. The van der Waals surface area contributed by atoms with Crippen molar-refractivity contribution in [1.82, 2.24) is 10.2 Å². The van der Waals surface area contributed by atoms with Gasteiger partial charge in [0.1, 0.15) is 0 Å². The maximum atomic E-state index is 12.4. The molecule has 5 nitrogen and oxygen atoms in total. The maximum Gasteiger partial charge on any atom is 0.253 e. The summed E-state index contributed by atoms with van der Waals surface area (Å²) in [5, 5.41) is 6.39. The van der Waals surface area contributed by atoms with Crippen LogP contribution in [0.1, 0.15) is 29.8 Å². The van der Waals surface area contributed by atoms with E-state index < -0.39 is 0 Å². The molecule has 2 N–H and O–H groups in total. The van der Waals surface area contributed by atoms with E-state index in [2.05, 4.69) is 10.6 Å². The van der Waals surface area contributed by atoms with Gasteiger partial charge in [-0.25, -0.2) is 0 Å². The molecule has 2 aromatic rings. The average molecular weight is 404 g/mol. The van der Waals surface area contributed by atoms with Crippen LogP contribution in [0, 0.1) is 0 Å². The van der Waals surface area contributed by atoms with Gasteiger partial charge in [0.15, 0.2) is 5.11 Å². The van der Waals surface area contributed by atoms with Gasteiger partial charge in [0.25, 0.3) is 5.91 Å². The lowest BCUT2D eigenvalue weighted by molar-refractivity contribution is -0.119. The fourth-order valence-electron chi connectivity index (χ4n) is 2.54. The zero-order valence-corrected chi connectivity index (χ0v) is 16.9. The van der Waals surface area contributed by atoms with Gasteiger partial charge in [0.2, 0.25) is 5.91 Å². The first kappa shape index (κ1) is 20.9. The summed E-state index contributed by atoms with van der Waals surface area (Å²) in [7, 11) is 0. The molecule has 2 aromatic carbocycles. The van der Waals surface area contributed by atoms with Gasteiger partial charge in [-0.1, -0.05) is 29.8 Å². The van der Waals surface area contributed by atoms with Crippen LogP contribution in [-0.4, -0.2) is 34.9 Å². The van der Waals surface area contributed by atoms with Gasteiger partial charge in [-0.3, -0.25) is 9.59 Å². The largest absolute Gasteiger partial charge is 0.339 e. The van der Waals surface area contributed by atoms with E-state index in [1.165, 1.54) is 0 Å². The Morgan fingerprint density at radius 1 is 1.07 bits per heavy atom. The molecule has 0 aromatic heterocycles. The van der Waals surface area contributed by atoms with E-state index >= 15 is 0 Å². The zero-order valence-electron chi connectivity index (χ0n) is 15.3. The van der Waals surface area contributed by atoms with Gasteiger partial charge in [-0.2, -0.15) is 0 Å². The molecule has 0 spiro atoms. The lowest BCUT2D eigenvalue weighted by atomic mass is 10.1. The third-order valence-electron chi connectivity index (χ3n) is 3.95. The fourth-order valence-corrected chi connectivity index (χ4v) is 2.90. The molecule has 0 atom stereocenters. The van der Waals surface area contributed by atoms with Crippen molar-refractivity contribution in [3.05, 3.63) is 64.7 Å². The number of anilines is 1. The standard InChI is InChI=1S/C20H22ClN3O2S/c1-3-24(4-2)19(26)15-6-5-7-17(13-15)22-20(27)23-18(25)12-14-8-10-16(21)11-9-14/h5-11,13H,3-4,12H2,1-2H3,(H2,22,23,25,27). The molecule has 2 rings (SSSR count). The molecular formula is C20H22ClN3O2S. The molecule has 0 saturated heterocycles. The highest BCUT2D eigenvalue weighted by Gasteiger charge is 2.13. The quantitative estimate of drug-likeness (QED) is 0.718. The predicted molar refractivity (Wildman–Crippen MR) is 113 cm³/mol. The van der Waals surface area contributed by atoms with Crippen molar-refractivity contribution in [3.8, 4) is 0 Å². The third kappa shape index (κ3) is 6.34. The molecule has 0 aliphatic rings. The van der Waals surface area contributed by atoms with Crippen molar-refractivity contribution >= 4 is 46.4 Å². The van der Waals surface area contributed by atoms with E-state index in [0.717, 1.165) is 5.56 Å². The zero-order chi connectivity index (χ0) is 19.8. The SMILES string of the molecule is CCN(CC)C(=O)c1cccc(NC(=S)NC(=O)Cc2ccc(Cl)cc2)c1. The second-order valence-corrected chi connectivity index (χ2v) is 6.71. The Morgan fingerprint density at radius 3 is 2.37 bits per heavy atom. The Kier molecular flexibility index (Phi) is 7.76. The highest BCUT2D eigenvalue weighted by Crippen LogP contribution is 2.13. The number of halogens is 1. The van der Waals surface area contributed by atoms with Crippen LogP contribution in [0.2, 0.25) is 5.02 Å². The first-order chi connectivity index (χ1) is 12.9. The molecule has 0 unspecified atom stereocenters. The molecule has 0 aliphatic heterocycles. The summed E-state index contributed by atoms with van der Waals surface area (Å²) in [5.41, 5.74) is 2.05. The van der Waals surface area contributed by atoms with Crippen LogP contribution in [0.5, 0.6) is 0 Å². The number of nitrogens with one attached hydrogen (secondary N) is 2. The van der Waals surface area contributed by atoms with E-state index in [1.807, 2.05) is 13.8 Å².